The van der Waals surface area contributed by atoms with Crippen LogP contribution in [0.1, 0.15) is 32.0 Å². The Morgan fingerprint density at radius 1 is 1.56 bits per heavy atom. The van der Waals surface area contributed by atoms with E-state index in [-0.39, 0.29) is 11.8 Å². The van der Waals surface area contributed by atoms with E-state index in [0.29, 0.717) is 12.8 Å². The molecule has 6 nitrogen and oxygen atoms in total. The Hall–Kier alpha value is -0.950. The number of nitrogens with two attached hydrogens (primary N) is 1. The molecule has 1 fully saturated rings. The minimum absolute atomic E-state index is 0.270. The molecule has 18 heavy (non-hydrogen) atoms. The number of nitrogens with zero attached hydrogens (tertiary/aromatic N) is 3. The van der Waals surface area contributed by atoms with Crippen LogP contribution in [0.5, 0.6) is 0 Å². The molecule has 2 atom stereocenters. The highest BCUT2D eigenvalue weighted by molar-refractivity contribution is 7.92. The highest BCUT2D eigenvalue weighted by atomic mass is 32.2. The predicted octanol–water partition coefficient (Wildman–Crippen LogP) is 0.135. The summed E-state index contributed by atoms with van der Waals surface area (Å²) in [5.41, 5.74) is 6.08. The summed E-state index contributed by atoms with van der Waals surface area (Å²) < 4.78 is 25.7. The van der Waals surface area contributed by atoms with Crippen LogP contribution in [0.3, 0.4) is 0 Å². The van der Waals surface area contributed by atoms with Gasteiger partial charge >= 0.3 is 0 Å². The monoisotopic (exact) mass is 272 g/mol. The molecule has 0 radical (unpaired) electrons. The summed E-state index contributed by atoms with van der Waals surface area (Å²) >= 11 is 0. The van der Waals surface area contributed by atoms with Crippen molar-refractivity contribution in [1.29, 1.82) is 0 Å². The van der Waals surface area contributed by atoms with Crippen LogP contribution in [0.25, 0.3) is 0 Å². The Morgan fingerprint density at radius 2 is 2.33 bits per heavy atom. The topological polar surface area (TPSA) is 90.9 Å². The van der Waals surface area contributed by atoms with E-state index >= 15 is 0 Å². The fourth-order valence-corrected chi connectivity index (χ4v) is 4.58. The van der Waals surface area contributed by atoms with E-state index in [1.54, 1.807) is 4.68 Å². The van der Waals surface area contributed by atoms with E-state index < -0.39 is 15.1 Å². The van der Waals surface area contributed by atoms with Gasteiger partial charge in [0.2, 0.25) is 0 Å². The molecule has 0 saturated carbocycles. The maximum Gasteiger partial charge on any atom is 0.154 e. The number of hydrogen-bond donors (Lipinski definition) is 1. The van der Waals surface area contributed by atoms with Crippen molar-refractivity contribution in [2.24, 2.45) is 5.73 Å². The van der Waals surface area contributed by atoms with Gasteiger partial charge in [-0.3, -0.25) is 4.68 Å². The Balaban J connectivity index is 2.10. The van der Waals surface area contributed by atoms with Gasteiger partial charge in [0.15, 0.2) is 9.84 Å². The molecule has 102 valence electrons. The van der Waals surface area contributed by atoms with E-state index in [9.17, 15) is 8.42 Å². The van der Waals surface area contributed by atoms with Gasteiger partial charge in [0, 0.05) is 19.0 Å². The summed E-state index contributed by atoms with van der Waals surface area (Å²) in [4.78, 5) is 4.15. The first-order valence-electron chi connectivity index (χ1n) is 6.38. The standard InChI is InChI=1S/C11H20N4O2S/c1-2-15-11(13-8-14-15)7-9(12)10-5-3-4-6-18(10,16)17/h8-10H,2-7,12H2,1H3. The first-order valence-corrected chi connectivity index (χ1v) is 8.10. The quantitative estimate of drug-likeness (QED) is 0.841. The van der Waals surface area contributed by atoms with Gasteiger partial charge in [-0.25, -0.2) is 13.4 Å². The Morgan fingerprint density at radius 3 is 3.00 bits per heavy atom. The van der Waals surface area contributed by atoms with Crippen molar-refractivity contribution in [2.75, 3.05) is 5.75 Å². The first-order chi connectivity index (χ1) is 8.54. The Kier molecular flexibility index (Phi) is 4.01. The molecule has 2 rings (SSSR count). The van der Waals surface area contributed by atoms with E-state index in [1.165, 1.54) is 6.33 Å². The van der Waals surface area contributed by atoms with Crippen LogP contribution in [0, 0.1) is 0 Å². The third-order valence-electron chi connectivity index (χ3n) is 3.52. The van der Waals surface area contributed by atoms with Crippen LogP contribution in [0.4, 0.5) is 0 Å². The van der Waals surface area contributed by atoms with Crippen LogP contribution in [-0.4, -0.2) is 40.2 Å². The highest BCUT2D eigenvalue weighted by Gasteiger charge is 2.34. The summed E-state index contributed by atoms with van der Waals surface area (Å²) in [6.45, 7) is 2.69. The lowest BCUT2D eigenvalue weighted by Crippen LogP contribution is -2.45. The number of aryl methyl sites for hydroxylation is 1. The molecule has 2 N–H and O–H groups in total. The molecular formula is C11H20N4O2S. The largest absolute Gasteiger partial charge is 0.326 e. The second-order valence-electron chi connectivity index (χ2n) is 4.76. The van der Waals surface area contributed by atoms with Crippen molar-refractivity contribution >= 4 is 9.84 Å². The normalized spacial score (nSPS) is 24.9. The maximum atomic E-state index is 12.0. The van der Waals surface area contributed by atoms with Crippen molar-refractivity contribution in [1.82, 2.24) is 14.8 Å². The summed E-state index contributed by atoms with van der Waals surface area (Å²) in [6.07, 6.45) is 4.33. The SMILES string of the molecule is CCn1ncnc1CC(N)C1CCCCS1(=O)=O. The minimum atomic E-state index is -3.03. The molecule has 0 bridgehead atoms. The van der Waals surface area contributed by atoms with E-state index in [2.05, 4.69) is 10.1 Å². The molecule has 1 aliphatic rings. The average Bonchev–Trinajstić information content (AvgIpc) is 2.75. The summed E-state index contributed by atoms with van der Waals surface area (Å²) in [6, 6.07) is -0.384. The third kappa shape index (κ3) is 2.72. The van der Waals surface area contributed by atoms with Crippen molar-refractivity contribution < 1.29 is 8.42 Å². The summed E-state index contributed by atoms with van der Waals surface area (Å²) in [7, 11) is -3.03. The molecule has 0 spiro atoms. The van der Waals surface area contributed by atoms with Gasteiger partial charge in [-0.15, -0.1) is 0 Å². The molecule has 0 aromatic carbocycles. The molecule has 1 saturated heterocycles. The predicted molar refractivity (Wildman–Crippen MR) is 68.8 cm³/mol. The van der Waals surface area contributed by atoms with Gasteiger partial charge in [-0.2, -0.15) is 5.10 Å². The molecule has 0 amide bonds. The summed E-state index contributed by atoms with van der Waals surface area (Å²) in [5, 5.41) is 3.65. The van der Waals surface area contributed by atoms with Gasteiger partial charge in [0.25, 0.3) is 0 Å². The number of aromatic nitrogens is 3. The molecule has 2 unspecified atom stereocenters. The van der Waals surface area contributed by atoms with Gasteiger partial charge in [0.05, 0.1) is 11.0 Å². The Bertz CT molecular complexity index is 497. The van der Waals surface area contributed by atoms with Gasteiger partial charge < -0.3 is 5.73 Å². The lowest BCUT2D eigenvalue weighted by atomic mass is 10.0. The van der Waals surface area contributed by atoms with Gasteiger partial charge in [0.1, 0.15) is 12.2 Å². The van der Waals surface area contributed by atoms with Crippen LogP contribution in [-0.2, 0) is 22.8 Å². The van der Waals surface area contributed by atoms with E-state index in [1.807, 2.05) is 6.92 Å². The van der Waals surface area contributed by atoms with Crippen molar-refractivity contribution in [3.05, 3.63) is 12.2 Å². The second-order valence-corrected chi connectivity index (χ2v) is 7.10. The molecular weight excluding hydrogens is 252 g/mol. The number of rotatable bonds is 4. The number of sulfone groups is 1. The van der Waals surface area contributed by atoms with E-state index in [0.717, 1.165) is 25.2 Å². The minimum Gasteiger partial charge on any atom is -0.326 e. The lowest BCUT2D eigenvalue weighted by molar-refractivity contribution is 0.481. The maximum absolute atomic E-state index is 12.0. The molecule has 2 heterocycles. The zero-order chi connectivity index (χ0) is 13.2. The van der Waals surface area contributed by atoms with Crippen LogP contribution in [0.15, 0.2) is 6.33 Å². The number of hydrogen-bond acceptors (Lipinski definition) is 5. The molecule has 1 aromatic rings. The molecule has 1 aromatic heterocycles. The second kappa shape index (κ2) is 5.36. The molecule has 1 aliphatic heterocycles. The molecule has 0 aliphatic carbocycles. The van der Waals surface area contributed by atoms with Crippen molar-refractivity contribution in [3.8, 4) is 0 Å². The zero-order valence-electron chi connectivity index (χ0n) is 10.6. The lowest BCUT2D eigenvalue weighted by Gasteiger charge is -2.27. The van der Waals surface area contributed by atoms with Crippen LogP contribution < -0.4 is 5.73 Å². The Labute approximate surface area is 108 Å². The zero-order valence-corrected chi connectivity index (χ0v) is 11.4. The fraction of sp³-hybridized carbons (Fsp3) is 0.818. The fourth-order valence-electron chi connectivity index (χ4n) is 2.51. The third-order valence-corrected chi connectivity index (χ3v) is 5.89. The van der Waals surface area contributed by atoms with Crippen LogP contribution >= 0.6 is 0 Å². The van der Waals surface area contributed by atoms with Crippen LogP contribution in [0.2, 0.25) is 0 Å². The molecule has 7 heteroatoms. The van der Waals surface area contributed by atoms with Crippen molar-refractivity contribution in [2.45, 2.75) is 50.4 Å². The summed E-state index contributed by atoms with van der Waals surface area (Å²) in [5.74, 6) is 1.04. The van der Waals surface area contributed by atoms with Gasteiger partial charge in [-0.1, -0.05) is 6.42 Å². The smallest absolute Gasteiger partial charge is 0.154 e. The van der Waals surface area contributed by atoms with Crippen molar-refractivity contribution in [3.63, 3.8) is 0 Å². The first kappa shape index (κ1) is 13.5. The highest BCUT2D eigenvalue weighted by Crippen LogP contribution is 2.22. The average molecular weight is 272 g/mol. The van der Waals surface area contributed by atoms with E-state index in [4.69, 9.17) is 5.73 Å². The van der Waals surface area contributed by atoms with Gasteiger partial charge in [-0.05, 0) is 19.8 Å².